The molecular formula is C26H35NO4. The molecule has 0 aromatic heterocycles. The molecule has 0 saturated heterocycles. The van der Waals surface area contributed by atoms with E-state index in [1.165, 1.54) is 30.4 Å². The predicted octanol–water partition coefficient (Wildman–Crippen LogP) is 5.79. The van der Waals surface area contributed by atoms with Gasteiger partial charge in [-0.3, -0.25) is 0 Å². The summed E-state index contributed by atoms with van der Waals surface area (Å²) in [5.41, 5.74) is 2.20. The second-order valence-corrected chi connectivity index (χ2v) is 8.57. The molecule has 1 unspecified atom stereocenters. The predicted molar refractivity (Wildman–Crippen MR) is 122 cm³/mol. The molecule has 5 heteroatoms. The number of nitrogens with zero attached hydrogens (tertiary/aromatic N) is 1. The SMILES string of the molecule is CCOC(=O)Oc1ccc(C(CN(C)C)C2(OCc3ccccc3)CCCCC2)cc1. The third-order valence-corrected chi connectivity index (χ3v) is 6.00. The summed E-state index contributed by atoms with van der Waals surface area (Å²) in [5.74, 6) is 0.719. The number of rotatable bonds is 9. The molecule has 0 amide bonds. The molecule has 0 N–H and O–H groups in total. The van der Waals surface area contributed by atoms with Gasteiger partial charge in [0.05, 0.1) is 18.8 Å². The van der Waals surface area contributed by atoms with Crippen LogP contribution >= 0.6 is 0 Å². The summed E-state index contributed by atoms with van der Waals surface area (Å²) in [6.07, 6.45) is 5.07. The zero-order valence-electron chi connectivity index (χ0n) is 19.0. The number of ether oxygens (including phenoxy) is 3. The molecule has 168 valence electrons. The molecule has 1 saturated carbocycles. The van der Waals surface area contributed by atoms with Crippen molar-refractivity contribution < 1.29 is 19.0 Å². The second kappa shape index (κ2) is 11.3. The molecule has 3 rings (SSSR count). The van der Waals surface area contributed by atoms with Crippen molar-refractivity contribution in [2.24, 2.45) is 0 Å². The molecule has 1 aliphatic rings. The third-order valence-electron chi connectivity index (χ3n) is 6.00. The highest BCUT2D eigenvalue weighted by Gasteiger charge is 2.42. The maximum Gasteiger partial charge on any atom is 0.513 e. The van der Waals surface area contributed by atoms with Crippen LogP contribution < -0.4 is 4.74 Å². The van der Waals surface area contributed by atoms with Gasteiger partial charge in [0, 0.05) is 12.5 Å². The molecule has 2 aromatic carbocycles. The third kappa shape index (κ3) is 6.55. The number of hydrogen-bond acceptors (Lipinski definition) is 5. The molecule has 1 fully saturated rings. The average Bonchev–Trinajstić information content (AvgIpc) is 2.78. The number of hydrogen-bond donors (Lipinski definition) is 0. The fraction of sp³-hybridized carbons (Fsp3) is 0.500. The van der Waals surface area contributed by atoms with Crippen LogP contribution in [0.25, 0.3) is 0 Å². The van der Waals surface area contributed by atoms with Gasteiger partial charge in [-0.1, -0.05) is 61.7 Å². The lowest BCUT2D eigenvalue weighted by Gasteiger charge is -2.45. The van der Waals surface area contributed by atoms with Crippen molar-refractivity contribution in [1.82, 2.24) is 4.90 Å². The number of benzene rings is 2. The zero-order chi connectivity index (χ0) is 22.1. The standard InChI is InChI=1S/C26H35NO4/c1-4-29-25(28)31-23-15-13-22(14-16-23)24(19-27(2)3)26(17-9-6-10-18-26)30-20-21-11-7-5-8-12-21/h5,7-8,11-16,24H,4,6,9-10,17-20H2,1-3H3. The van der Waals surface area contributed by atoms with E-state index in [1.807, 2.05) is 18.2 Å². The molecule has 31 heavy (non-hydrogen) atoms. The Hall–Kier alpha value is -2.37. The first-order valence-corrected chi connectivity index (χ1v) is 11.3. The first kappa shape index (κ1) is 23.3. The van der Waals surface area contributed by atoms with Crippen LogP contribution in [0.3, 0.4) is 0 Å². The zero-order valence-corrected chi connectivity index (χ0v) is 19.0. The number of carbonyl (C=O) groups is 1. The van der Waals surface area contributed by atoms with Crippen LogP contribution in [0.2, 0.25) is 0 Å². The summed E-state index contributed by atoms with van der Waals surface area (Å²) in [7, 11) is 4.22. The second-order valence-electron chi connectivity index (χ2n) is 8.57. The monoisotopic (exact) mass is 425 g/mol. The van der Waals surface area contributed by atoms with Crippen LogP contribution in [-0.2, 0) is 16.1 Å². The summed E-state index contributed by atoms with van der Waals surface area (Å²) < 4.78 is 16.9. The van der Waals surface area contributed by atoms with Crippen molar-refractivity contribution in [1.29, 1.82) is 0 Å². The number of likely N-dealkylation sites (N-methyl/N-ethyl adjacent to an activating group) is 1. The van der Waals surface area contributed by atoms with E-state index >= 15 is 0 Å². The van der Waals surface area contributed by atoms with Gasteiger partial charge >= 0.3 is 6.16 Å². The highest BCUT2D eigenvalue weighted by atomic mass is 16.7. The van der Waals surface area contributed by atoms with Gasteiger partial charge < -0.3 is 19.1 Å². The fourth-order valence-corrected chi connectivity index (χ4v) is 4.50. The quantitative estimate of drug-likeness (QED) is 0.376. The Balaban J connectivity index is 1.83. The van der Waals surface area contributed by atoms with Crippen LogP contribution in [0.1, 0.15) is 56.1 Å². The molecule has 1 aliphatic carbocycles. The molecule has 5 nitrogen and oxygen atoms in total. The molecule has 2 aromatic rings. The van der Waals surface area contributed by atoms with Gasteiger partial charge in [0.25, 0.3) is 0 Å². The number of carbonyl (C=O) groups excluding carboxylic acids is 1. The topological polar surface area (TPSA) is 48.0 Å². The Morgan fingerprint density at radius 2 is 1.68 bits per heavy atom. The van der Waals surface area contributed by atoms with Crippen molar-refractivity contribution in [2.75, 3.05) is 27.2 Å². The Kier molecular flexibility index (Phi) is 8.50. The van der Waals surface area contributed by atoms with Gasteiger partial charge in [-0.15, -0.1) is 0 Å². The van der Waals surface area contributed by atoms with Crippen LogP contribution in [0.15, 0.2) is 54.6 Å². The summed E-state index contributed by atoms with van der Waals surface area (Å²) in [6, 6.07) is 18.2. The minimum absolute atomic E-state index is 0.206. The normalized spacial score (nSPS) is 16.6. The fourth-order valence-electron chi connectivity index (χ4n) is 4.50. The lowest BCUT2D eigenvalue weighted by molar-refractivity contribution is -0.102. The van der Waals surface area contributed by atoms with E-state index in [1.54, 1.807) is 6.92 Å². The van der Waals surface area contributed by atoms with Crippen LogP contribution in [0.5, 0.6) is 5.75 Å². The summed E-state index contributed by atoms with van der Waals surface area (Å²) in [4.78, 5) is 13.9. The van der Waals surface area contributed by atoms with Gasteiger partial charge in [-0.05, 0) is 57.1 Å². The Labute approximate surface area is 186 Å². The highest BCUT2D eigenvalue weighted by molar-refractivity contribution is 5.63. The smallest absolute Gasteiger partial charge is 0.434 e. The molecule has 0 radical (unpaired) electrons. The molecule has 0 bridgehead atoms. The van der Waals surface area contributed by atoms with E-state index in [0.29, 0.717) is 19.0 Å². The van der Waals surface area contributed by atoms with E-state index in [9.17, 15) is 4.79 Å². The Morgan fingerprint density at radius 1 is 1.00 bits per heavy atom. The first-order chi connectivity index (χ1) is 15.0. The summed E-state index contributed by atoms with van der Waals surface area (Å²) in [6.45, 7) is 3.57. The van der Waals surface area contributed by atoms with E-state index < -0.39 is 6.16 Å². The Bertz CT molecular complexity index is 798. The minimum Gasteiger partial charge on any atom is -0.434 e. The lowest BCUT2D eigenvalue weighted by atomic mass is 9.72. The van der Waals surface area contributed by atoms with Crippen molar-refractivity contribution >= 4 is 6.16 Å². The van der Waals surface area contributed by atoms with Gasteiger partial charge in [-0.25, -0.2) is 4.79 Å². The van der Waals surface area contributed by atoms with Crippen LogP contribution in [0, 0.1) is 0 Å². The van der Waals surface area contributed by atoms with Gasteiger partial charge in [0.1, 0.15) is 5.75 Å². The largest absolute Gasteiger partial charge is 0.513 e. The highest BCUT2D eigenvalue weighted by Crippen LogP contribution is 2.44. The van der Waals surface area contributed by atoms with Crippen molar-refractivity contribution in [3.63, 3.8) is 0 Å². The maximum atomic E-state index is 11.6. The average molecular weight is 426 g/mol. The van der Waals surface area contributed by atoms with Crippen molar-refractivity contribution in [3.8, 4) is 5.75 Å². The van der Waals surface area contributed by atoms with E-state index in [-0.39, 0.29) is 11.5 Å². The van der Waals surface area contributed by atoms with E-state index in [2.05, 4.69) is 55.4 Å². The Morgan fingerprint density at radius 3 is 2.29 bits per heavy atom. The van der Waals surface area contributed by atoms with Gasteiger partial charge in [-0.2, -0.15) is 0 Å². The molecule has 0 spiro atoms. The van der Waals surface area contributed by atoms with Gasteiger partial charge in [0.2, 0.25) is 0 Å². The van der Waals surface area contributed by atoms with E-state index in [0.717, 1.165) is 19.4 Å². The maximum absolute atomic E-state index is 11.6. The first-order valence-electron chi connectivity index (χ1n) is 11.3. The lowest BCUT2D eigenvalue weighted by Crippen LogP contribution is -2.45. The molecule has 0 aliphatic heterocycles. The minimum atomic E-state index is -0.671. The summed E-state index contributed by atoms with van der Waals surface area (Å²) >= 11 is 0. The van der Waals surface area contributed by atoms with Crippen LogP contribution in [-0.4, -0.2) is 43.9 Å². The van der Waals surface area contributed by atoms with E-state index in [4.69, 9.17) is 14.2 Å². The van der Waals surface area contributed by atoms with Gasteiger partial charge in [0.15, 0.2) is 0 Å². The van der Waals surface area contributed by atoms with Crippen LogP contribution in [0.4, 0.5) is 4.79 Å². The summed E-state index contributed by atoms with van der Waals surface area (Å²) in [5, 5.41) is 0. The van der Waals surface area contributed by atoms with Crippen molar-refractivity contribution in [2.45, 2.75) is 57.2 Å². The molecule has 0 heterocycles. The van der Waals surface area contributed by atoms with Crippen molar-refractivity contribution in [3.05, 3.63) is 65.7 Å². The molecular weight excluding hydrogens is 390 g/mol. The molecule has 1 atom stereocenters.